The molecule has 2 aromatic heterocycles. The number of hydrogen-bond donors (Lipinski definition) is 0. The van der Waals surface area contributed by atoms with Crippen molar-refractivity contribution in [3.63, 3.8) is 0 Å². The molecule has 4 nitrogen and oxygen atoms in total. The van der Waals surface area contributed by atoms with Gasteiger partial charge in [-0.15, -0.1) is 0 Å². The van der Waals surface area contributed by atoms with Crippen LogP contribution in [-0.2, 0) is 0 Å². The van der Waals surface area contributed by atoms with Gasteiger partial charge in [0.15, 0.2) is 0 Å². The molecular weight excluding hydrogens is 132 g/mol. The van der Waals surface area contributed by atoms with Crippen LogP contribution >= 0.6 is 0 Å². The second-order valence-corrected chi connectivity index (χ2v) is 1.63. The number of oxazole rings is 1. The second kappa shape index (κ2) is 1.98. The molecule has 0 aliphatic rings. The Hall–Kier alpha value is -1.58. The van der Waals surface area contributed by atoms with Gasteiger partial charge in [0.2, 0.25) is 0 Å². The smallest absolute Gasteiger partial charge is 0.284 e. The summed E-state index contributed by atoms with van der Waals surface area (Å²) in [4.78, 5) is 3.71. The molecule has 0 spiro atoms. The van der Waals surface area contributed by atoms with Crippen LogP contribution in [-0.4, -0.2) is 10.1 Å². The van der Waals surface area contributed by atoms with Crippen LogP contribution in [0.2, 0.25) is 0 Å². The molecule has 0 unspecified atom stereocenters. The van der Waals surface area contributed by atoms with Crippen LogP contribution in [0.1, 0.15) is 0 Å². The molecule has 0 fully saturated rings. The molecule has 0 saturated heterocycles. The van der Waals surface area contributed by atoms with E-state index < -0.39 is 0 Å². The first-order valence-electron chi connectivity index (χ1n) is 2.61. The number of rotatable bonds is 1. The second-order valence-electron chi connectivity index (χ2n) is 1.63. The number of hydrogen-bond acceptors (Lipinski definition) is 4. The van der Waals surface area contributed by atoms with Crippen LogP contribution in [0.4, 0.5) is 0 Å². The average Bonchev–Trinajstić information content (AvgIpc) is 2.59. The first-order chi connectivity index (χ1) is 4.97. The highest BCUT2D eigenvalue weighted by molar-refractivity contribution is 5.49. The molecule has 4 heteroatoms. The predicted molar refractivity (Wildman–Crippen MR) is 29.7 cm³/mol. The minimum Gasteiger partial charge on any atom is -0.440 e. The molecular formula is C6H2N2O2. The number of nitrogens with zero attached hydrogens (tertiary/aromatic N) is 2. The molecule has 0 saturated carbocycles. The van der Waals surface area contributed by atoms with Crippen LogP contribution in [0.3, 0.4) is 0 Å². The van der Waals surface area contributed by atoms with Gasteiger partial charge in [0, 0.05) is 0 Å². The van der Waals surface area contributed by atoms with Crippen molar-refractivity contribution in [2.24, 2.45) is 0 Å². The highest BCUT2D eigenvalue weighted by Gasteiger charge is 2.02. The van der Waals surface area contributed by atoms with Gasteiger partial charge in [-0.05, 0) is 0 Å². The summed E-state index contributed by atoms with van der Waals surface area (Å²) in [6.07, 6.45) is 5.07. The fourth-order valence-corrected chi connectivity index (χ4v) is 0.601. The van der Waals surface area contributed by atoms with E-state index in [1.165, 1.54) is 12.5 Å². The molecule has 48 valence electrons. The molecule has 0 aromatic carbocycles. The van der Waals surface area contributed by atoms with E-state index in [4.69, 9.17) is 0 Å². The van der Waals surface area contributed by atoms with Gasteiger partial charge in [-0.25, -0.2) is 4.98 Å². The Morgan fingerprint density at radius 1 is 1.50 bits per heavy atom. The van der Waals surface area contributed by atoms with Gasteiger partial charge in [-0.2, -0.15) is 0 Å². The molecule has 2 rings (SSSR count). The molecule has 0 aliphatic carbocycles. The summed E-state index contributed by atoms with van der Waals surface area (Å²) in [5.74, 6) is 0. The van der Waals surface area contributed by atoms with Crippen LogP contribution in [0, 0.1) is 12.5 Å². The van der Waals surface area contributed by atoms with Crippen molar-refractivity contribution < 1.29 is 8.94 Å². The van der Waals surface area contributed by atoms with E-state index in [0.717, 1.165) is 0 Å². The molecule has 0 bridgehead atoms. The summed E-state index contributed by atoms with van der Waals surface area (Å²) in [5, 5.41) is 3.59. The van der Waals surface area contributed by atoms with Crippen LogP contribution in [0.5, 0.6) is 0 Å². The van der Waals surface area contributed by atoms with E-state index in [-0.39, 0.29) is 0 Å². The fraction of sp³-hybridized carbons (Fsp3) is 0. The molecule has 0 N–H and O–H groups in total. The van der Waals surface area contributed by atoms with E-state index in [1.807, 2.05) is 0 Å². The third kappa shape index (κ3) is 0.699. The highest BCUT2D eigenvalue weighted by Crippen LogP contribution is 2.11. The van der Waals surface area contributed by atoms with Gasteiger partial charge >= 0.3 is 0 Å². The minimum atomic E-state index is 0.532. The SMILES string of the molecule is [c]1nc(-c2[c]con2)co1. The molecule has 2 radical (unpaired) electrons. The lowest BCUT2D eigenvalue weighted by Gasteiger charge is -1.78. The van der Waals surface area contributed by atoms with Gasteiger partial charge in [0.05, 0.1) is 6.07 Å². The summed E-state index contributed by atoms with van der Waals surface area (Å²) in [6, 6.07) is 2.72. The molecule has 0 aliphatic heterocycles. The standard InChI is InChI=1S/C6H2N2O2/c1-2-10-8-5(1)6-3-9-4-7-6/h2-3H. The Kier molecular flexibility index (Phi) is 1.04. The van der Waals surface area contributed by atoms with Gasteiger partial charge < -0.3 is 8.94 Å². The fourth-order valence-electron chi connectivity index (χ4n) is 0.601. The van der Waals surface area contributed by atoms with E-state index in [2.05, 4.69) is 31.5 Å². The summed E-state index contributed by atoms with van der Waals surface area (Å²) in [7, 11) is 0. The van der Waals surface area contributed by atoms with Crippen molar-refractivity contribution in [2.45, 2.75) is 0 Å². The minimum absolute atomic E-state index is 0.532. The zero-order chi connectivity index (χ0) is 6.81. The van der Waals surface area contributed by atoms with Crippen molar-refractivity contribution in [3.8, 4) is 11.4 Å². The summed E-state index contributed by atoms with van der Waals surface area (Å²) in [5.41, 5.74) is 1.11. The first kappa shape index (κ1) is 5.22. The molecule has 10 heavy (non-hydrogen) atoms. The predicted octanol–water partition coefficient (Wildman–Crippen LogP) is 0.930. The maximum Gasteiger partial charge on any atom is 0.284 e. The van der Waals surface area contributed by atoms with E-state index in [9.17, 15) is 0 Å². The summed E-state index contributed by atoms with van der Waals surface area (Å²) < 4.78 is 9.14. The first-order valence-corrected chi connectivity index (χ1v) is 2.61. The van der Waals surface area contributed by atoms with Gasteiger partial charge in [0.25, 0.3) is 6.39 Å². The Morgan fingerprint density at radius 2 is 2.50 bits per heavy atom. The Labute approximate surface area is 56.5 Å². The van der Waals surface area contributed by atoms with Crippen molar-refractivity contribution in [3.05, 3.63) is 25.0 Å². The zero-order valence-electron chi connectivity index (χ0n) is 4.87. The molecule has 0 amide bonds. The van der Waals surface area contributed by atoms with Crippen LogP contribution in [0.25, 0.3) is 11.4 Å². The van der Waals surface area contributed by atoms with Crippen LogP contribution < -0.4 is 0 Å². The Bertz CT molecular complexity index is 253. The maximum atomic E-state index is 4.60. The highest BCUT2D eigenvalue weighted by atomic mass is 16.5. The van der Waals surface area contributed by atoms with Gasteiger partial charge in [-0.3, -0.25) is 0 Å². The van der Waals surface area contributed by atoms with Crippen molar-refractivity contribution >= 4 is 0 Å². The van der Waals surface area contributed by atoms with Crippen molar-refractivity contribution in [1.29, 1.82) is 0 Å². The Morgan fingerprint density at radius 3 is 3.10 bits per heavy atom. The third-order valence-electron chi connectivity index (χ3n) is 1.02. The largest absolute Gasteiger partial charge is 0.440 e. The maximum absolute atomic E-state index is 4.60. The lowest BCUT2D eigenvalue weighted by molar-refractivity contribution is 0.422. The van der Waals surface area contributed by atoms with Crippen molar-refractivity contribution in [2.75, 3.05) is 0 Å². The van der Waals surface area contributed by atoms with E-state index in [1.54, 1.807) is 0 Å². The summed E-state index contributed by atoms with van der Waals surface area (Å²) >= 11 is 0. The number of aromatic nitrogens is 2. The normalized spacial score (nSPS) is 10.0. The van der Waals surface area contributed by atoms with Crippen LogP contribution in [0.15, 0.2) is 21.5 Å². The lowest BCUT2D eigenvalue weighted by Crippen LogP contribution is -1.73. The quantitative estimate of drug-likeness (QED) is 0.582. The monoisotopic (exact) mass is 134 g/mol. The average molecular weight is 134 g/mol. The van der Waals surface area contributed by atoms with Gasteiger partial charge in [-0.1, -0.05) is 5.16 Å². The lowest BCUT2D eigenvalue weighted by atomic mass is 10.3. The summed E-state index contributed by atoms with van der Waals surface area (Å²) in [6.45, 7) is 0. The van der Waals surface area contributed by atoms with Crippen molar-refractivity contribution in [1.82, 2.24) is 10.1 Å². The molecule has 2 aromatic rings. The van der Waals surface area contributed by atoms with E-state index in [0.29, 0.717) is 11.4 Å². The Balaban J connectivity index is 2.48. The topological polar surface area (TPSA) is 52.1 Å². The molecule has 0 atom stereocenters. The van der Waals surface area contributed by atoms with Gasteiger partial charge in [0.1, 0.15) is 23.9 Å². The zero-order valence-corrected chi connectivity index (χ0v) is 4.87. The third-order valence-corrected chi connectivity index (χ3v) is 1.02. The van der Waals surface area contributed by atoms with E-state index >= 15 is 0 Å². The molecule has 2 heterocycles.